The summed E-state index contributed by atoms with van der Waals surface area (Å²) in [4.78, 5) is 0. The summed E-state index contributed by atoms with van der Waals surface area (Å²) in [5.41, 5.74) is 4.54. The molecule has 0 fully saturated rings. The van der Waals surface area contributed by atoms with Gasteiger partial charge in [-0.15, -0.1) is 5.73 Å². The first-order chi connectivity index (χ1) is 10.1. The van der Waals surface area contributed by atoms with E-state index >= 15 is 0 Å². The summed E-state index contributed by atoms with van der Waals surface area (Å²) in [6.45, 7) is 10.9. The number of hydrogen-bond donors (Lipinski definition) is 0. The average Bonchev–Trinajstić information content (AvgIpc) is 2.47. The Morgan fingerprint density at radius 1 is 0.905 bits per heavy atom. The largest absolute Gasteiger partial charge is 0.364 e. The van der Waals surface area contributed by atoms with Crippen molar-refractivity contribution in [3.05, 3.63) is 16.6 Å². The van der Waals surface area contributed by atoms with Gasteiger partial charge in [-0.25, -0.2) is 0 Å². The van der Waals surface area contributed by atoms with Crippen LogP contribution in [-0.4, -0.2) is 13.2 Å². The summed E-state index contributed by atoms with van der Waals surface area (Å²) >= 11 is 0. The third-order valence-electron chi connectivity index (χ3n) is 3.37. The van der Waals surface area contributed by atoms with Crippen molar-refractivity contribution in [2.45, 2.75) is 79.6 Å². The lowest BCUT2D eigenvalue weighted by Gasteiger charge is -2.19. The van der Waals surface area contributed by atoms with Crippen molar-refractivity contribution >= 4 is 7.60 Å². The minimum absolute atomic E-state index is 0.394. The van der Waals surface area contributed by atoms with Crippen LogP contribution < -0.4 is 0 Å². The van der Waals surface area contributed by atoms with Crippen molar-refractivity contribution in [3.63, 3.8) is 0 Å². The summed E-state index contributed by atoms with van der Waals surface area (Å²) in [6, 6.07) is 0. The molecule has 3 nitrogen and oxygen atoms in total. The van der Waals surface area contributed by atoms with Crippen LogP contribution in [0.3, 0.4) is 0 Å². The minimum atomic E-state index is -3.17. The molecule has 0 bridgehead atoms. The molecule has 0 spiro atoms. The Bertz CT molecular complexity index is 365. The van der Waals surface area contributed by atoms with E-state index in [1.807, 2.05) is 13.8 Å². The molecule has 124 valence electrons. The lowest BCUT2D eigenvalue weighted by atomic mass is 10.1. The quantitative estimate of drug-likeness (QED) is 0.236. The zero-order valence-corrected chi connectivity index (χ0v) is 15.4. The van der Waals surface area contributed by atoms with Crippen LogP contribution in [-0.2, 0) is 13.6 Å². The zero-order valence-electron chi connectivity index (χ0n) is 14.5. The number of hydrogen-bond acceptors (Lipinski definition) is 3. The van der Waals surface area contributed by atoms with Crippen molar-refractivity contribution in [2.24, 2.45) is 0 Å². The molecule has 0 aliphatic carbocycles. The molecular weight excluding hydrogens is 283 g/mol. The van der Waals surface area contributed by atoms with E-state index in [1.54, 1.807) is 0 Å². The molecule has 0 radical (unpaired) electrons. The van der Waals surface area contributed by atoms with E-state index in [4.69, 9.17) is 9.05 Å². The van der Waals surface area contributed by atoms with E-state index in [9.17, 15) is 4.57 Å². The molecule has 0 aromatic rings. The van der Waals surface area contributed by atoms with Crippen LogP contribution in [0, 0.1) is 0 Å². The maximum absolute atomic E-state index is 13.0. The van der Waals surface area contributed by atoms with E-state index in [0.29, 0.717) is 13.2 Å². The molecule has 4 heteroatoms. The lowest BCUT2D eigenvalue weighted by Crippen LogP contribution is -1.99. The average molecular weight is 316 g/mol. The second kappa shape index (κ2) is 12.2. The van der Waals surface area contributed by atoms with Crippen LogP contribution in [0.5, 0.6) is 0 Å². The van der Waals surface area contributed by atoms with Gasteiger partial charge in [0.05, 0.1) is 18.5 Å². The molecule has 0 aromatic carbocycles. The molecule has 0 saturated carbocycles. The summed E-state index contributed by atoms with van der Waals surface area (Å²) in [7, 11) is -3.17. The molecule has 0 atom stereocenters. The van der Waals surface area contributed by atoms with Gasteiger partial charge in [-0.3, -0.25) is 4.57 Å². The van der Waals surface area contributed by atoms with Crippen LogP contribution in [0.25, 0.3) is 0 Å². The van der Waals surface area contributed by atoms with Gasteiger partial charge >= 0.3 is 7.60 Å². The Morgan fingerprint density at radius 3 is 1.90 bits per heavy atom. The molecular formula is C17H33O3P. The van der Waals surface area contributed by atoms with Crippen LogP contribution in [0.4, 0.5) is 0 Å². The van der Waals surface area contributed by atoms with Gasteiger partial charge < -0.3 is 9.05 Å². The van der Waals surface area contributed by atoms with Crippen molar-refractivity contribution in [3.8, 4) is 0 Å². The topological polar surface area (TPSA) is 35.5 Å². The smallest absolute Gasteiger partial charge is 0.305 e. The minimum Gasteiger partial charge on any atom is -0.305 e. The summed E-state index contributed by atoms with van der Waals surface area (Å²) in [5, 5.41) is 0.737. The molecule has 0 aliphatic heterocycles. The summed E-state index contributed by atoms with van der Waals surface area (Å²) in [5.74, 6) is 0. The molecule has 0 heterocycles. The number of unbranched alkanes of at least 4 members (excludes halogenated alkanes) is 3. The maximum atomic E-state index is 13.0. The van der Waals surface area contributed by atoms with Gasteiger partial charge in [-0.2, -0.15) is 0 Å². The third-order valence-corrected chi connectivity index (χ3v) is 5.56. The van der Waals surface area contributed by atoms with Gasteiger partial charge in [0.15, 0.2) is 0 Å². The Labute approximate surface area is 131 Å². The Hall–Kier alpha value is -0.330. The van der Waals surface area contributed by atoms with Crippen molar-refractivity contribution < 1.29 is 13.6 Å². The molecule has 0 rings (SSSR count). The molecule has 0 saturated heterocycles. The highest BCUT2D eigenvalue weighted by Crippen LogP contribution is 2.57. The number of rotatable bonds is 12. The molecule has 0 aromatic heterocycles. The normalized spacial score (nSPS) is 11.3. The van der Waals surface area contributed by atoms with Gasteiger partial charge in [-0.1, -0.05) is 40.0 Å². The number of allylic oxidation sites excluding steroid dienone is 1. The predicted octanol–water partition coefficient (Wildman–Crippen LogP) is 6.45. The van der Waals surface area contributed by atoms with Crippen molar-refractivity contribution in [1.29, 1.82) is 0 Å². The van der Waals surface area contributed by atoms with E-state index in [0.717, 1.165) is 37.4 Å². The highest BCUT2D eigenvalue weighted by atomic mass is 31.2. The van der Waals surface area contributed by atoms with Crippen molar-refractivity contribution in [2.75, 3.05) is 13.2 Å². The predicted molar refractivity (Wildman–Crippen MR) is 90.7 cm³/mol. The first-order valence-corrected chi connectivity index (χ1v) is 9.99. The fourth-order valence-electron chi connectivity index (χ4n) is 2.15. The van der Waals surface area contributed by atoms with Gasteiger partial charge in [0.1, 0.15) is 0 Å². The van der Waals surface area contributed by atoms with Crippen LogP contribution in [0.15, 0.2) is 16.6 Å². The molecule has 0 N–H and O–H groups in total. The first-order valence-electron chi connectivity index (χ1n) is 8.44. The van der Waals surface area contributed by atoms with Gasteiger partial charge in [-0.05, 0) is 45.1 Å². The van der Waals surface area contributed by atoms with Gasteiger partial charge in [0, 0.05) is 0 Å². The van der Waals surface area contributed by atoms with E-state index in [-0.39, 0.29) is 0 Å². The monoisotopic (exact) mass is 316 g/mol. The van der Waals surface area contributed by atoms with Crippen LogP contribution >= 0.6 is 7.60 Å². The highest BCUT2D eigenvalue weighted by Gasteiger charge is 2.29. The second-order valence-corrected chi connectivity index (χ2v) is 7.08. The fraction of sp³-hybridized carbons (Fsp3) is 0.824. The molecule has 0 amide bonds. The van der Waals surface area contributed by atoms with Crippen LogP contribution in [0.2, 0.25) is 0 Å². The molecule has 21 heavy (non-hydrogen) atoms. The lowest BCUT2D eigenvalue weighted by molar-refractivity contribution is 0.225. The third kappa shape index (κ3) is 8.02. The Kier molecular flexibility index (Phi) is 12.0. The Balaban J connectivity index is 5.35. The SMILES string of the molecule is CCCCCCC(=C=C(CC)CC)P(=O)(OCC)OCC. The van der Waals surface area contributed by atoms with E-state index in [2.05, 4.69) is 26.5 Å². The highest BCUT2D eigenvalue weighted by molar-refractivity contribution is 7.58. The van der Waals surface area contributed by atoms with Gasteiger partial charge in [0.2, 0.25) is 0 Å². The van der Waals surface area contributed by atoms with Crippen molar-refractivity contribution in [1.82, 2.24) is 0 Å². The zero-order chi connectivity index (χ0) is 16.1. The second-order valence-electron chi connectivity index (χ2n) is 5.03. The Morgan fingerprint density at radius 2 is 1.48 bits per heavy atom. The molecule has 0 unspecified atom stereocenters. The maximum Gasteiger partial charge on any atom is 0.364 e. The molecule has 0 aliphatic rings. The standard InChI is InChI=1S/C17H33O3P/c1-6-11-12-13-14-17(15-16(7-2)8-3)21(18,19-9-4)20-10-5/h6-14H2,1-5H3. The summed E-state index contributed by atoms with van der Waals surface area (Å²) < 4.78 is 24.0. The first kappa shape index (κ1) is 20.7. The van der Waals surface area contributed by atoms with E-state index in [1.165, 1.54) is 18.4 Å². The fourth-order valence-corrected chi connectivity index (χ4v) is 3.94. The summed E-state index contributed by atoms with van der Waals surface area (Å²) in [6.07, 6.45) is 7.16. The van der Waals surface area contributed by atoms with Crippen LogP contribution in [0.1, 0.15) is 79.6 Å². The van der Waals surface area contributed by atoms with Gasteiger partial charge in [0.25, 0.3) is 0 Å². The van der Waals surface area contributed by atoms with E-state index < -0.39 is 7.60 Å².